The van der Waals surface area contributed by atoms with Crippen molar-refractivity contribution in [3.63, 3.8) is 0 Å². The normalized spacial score (nSPS) is 15.4. The fraction of sp³-hybridized carbons (Fsp3) is 0.538. The van der Waals surface area contributed by atoms with Crippen molar-refractivity contribution in [2.75, 3.05) is 0 Å². The van der Waals surface area contributed by atoms with Crippen LogP contribution in [0, 0.1) is 12.8 Å². The molecule has 3 rings (SSSR count). The zero-order valence-corrected chi connectivity index (χ0v) is 10.4. The zero-order valence-electron chi connectivity index (χ0n) is 10.4. The van der Waals surface area contributed by atoms with Crippen LogP contribution in [0.3, 0.4) is 0 Å². The van der Waals surface area contributed by atoms with Crippen molar-refractivity contribution in [3.8, 4) is 0 Å². The Balaban J connectivity index is 1.71. The number of aryl methyl sites for hydroxylation is 2. The Morgan fingerprint density at radius 3 is 2.82 bits per heavy atom. The van der Waals surface area contributed by atoms with Crippen LogP contribution in [0.4, 0.5) is 0 Å². The van der Waals surface area contributed by atoms with Crippen molar-refractivity contribution in [2.24, 2.45) is 13.0 Å². The highest BCUT2D eigenvalue weighted by Gasteiger charge is 2.21. The van der Waals surface area contributed by atoms with Crippen molar-refractivity contribution >= 4 is 0 Å². The topological polar surface area (TPSA) is 35.6 Å². The van der Waals surface area contributed by atoms with Crippen molar-refractivity contribution in [1.29, 1.82) is 0 Å². The molecule has 1 saturated carbocycles. The van der Waals surface area contributed by atoms with Crippen LogP contribution in [-0.4, -0.2) is 19.6 Å². The largest absolute Gasteiger partial charge is 0.275 e. The van der Waals surface area contributed by atoms with E-state index in [4.69, 9.17) is 0 Å². The van der Waals surface area contributed by atoms with Gasteiger partial charge in [0.1, 0.15) is 0 Å². The highest BCUT2D eigenvalue weighted by atomic mass is 15.3. The van der Waals surface area contributed by atoms with Crippen molar-refractivity contribution in [3.05, 3.63) is 35.4 Å². The molecule has 2 heterocycles. The van der Waals surface area contributed by atoms with Crippen LogP contribution in [0.25, 0.3) is 0 Å². The smallest absolute Gasteiger partial charge is 0.0628 e. The molecule has 1 aliphatic carbocycles. The molecule has 4 nitrogen and oxygen atoms in total. The Hall–Kier alpha value is -1.58. The SMILES string of the molecule is Cc1nn(C)cc1Cc1cnn(CC2CC2)c1. The second kappa shape index (κ2) is 4.02. The third-order valence-corrected chi connectivity index (χ3v) is 3.34. The van der Waals surface area contributed by atoms with Crippen LogP contribution < -0.4 is 0 Å². The Morgan fingerprint density at radius 2 is 2.18 bits per heavy atom. The van der Waals surface area contributed by atoms with E-state index in [1.54, 1.807) is 0 Å². The van der Waals surface area contributed by atoms with E-state index in [1.807, 2.05) is 17.9 Å². The molecule has 2 aromatic heterocycles. The summed E-state index contributed by atoms with van der Waals surface area (Å²) in [4.78, 5) is 0. The molecule has 0 amide bonds. The summed E-state index contributed by atoms with van der Waals surface area (Å²) in [6.45, 7) is 3.15. The lowest BCUT2D eigenvalue weighted by Gasteiger charge is -1.97. The van der Waals surface area contributed by atoms with E-state index in [0.29, 0.717) is 0 Å². The number of hydrogen-bond acceptors (Lipinski definition) is 2. The van der Waals surface area contributed by atoms with Gasteiger partial charge >= 0.3 is 0 Å². The average molecular weight is 230 g/mol. The van der Waals surface area contributed by atoms with Gasteiger partial charge in [-0.3, -0.25) is 9.36 Å². The van der Waals surface area contributed by atoms with Gasteiger partial charge in [0.25, 0.3) is 0 Å². The summed E-state index contributed by atoms with van der Waals surface area (Å²) in [7, 11) is 1.97. The highest BCUT2D eigenvalue weighted by molar-refractivity contribution is 5.23. The van der Waals surface area contributed by atoms with E-state index >= 15 is 0 Å². The van der Waals surface area contributed by atoms with Crippen LogP contribution in [0.15, 0.2) is 18.6 Å². The van der Waals surface area contributed by atoms with Gasteiger partial charge in [0, 0.05) is 32.4 Å². The lowest BCUT2D eigenvalue weighted by atomic mass is 10.1. The van der Waals surface area contributed by atoms with Crippen molar-refractivity contribution in [2.45, 2.75) is 32.7 Å². The minimum absolute atomic E-state index is 0.878. The average Bonchev–Trinajstić information content (AvgIpc) is 2.88. The van der Waals surface area contributed by atoms with Gasteiger partial charge < -0.3 is 0 Å². The first-order valence-electron chi connectivity index (χ1n) is 6.21. The first-order valence-corrected chi connectivity index (χ1v) is 6.21. The molecule has 90 valence electrons. The van der Waals surface area contributed by atoms with Gasteiger partial charge in [-0.25, -0.2) is 0 Å². The molecule has 0 aromatic carbocycles. The van der Waals surface area contributed by atoms with Gasteiger partial charge in [0.05, 0.1) is 11.9 Å². The molecule has 0 bridgehead atoms. The van der Waals surface area contributed by atoms with Crippen LogP contribution in [-0.2, 0) is 20.0 Å². The summed E-state index contributed by atoms with van der Waals surface area (Å²) in [6, 6.07) is 0. The minimum atomic E-state index is 0.878. The number of aromatic nitrogens is 4. The van der Waals surface area contributed by atoms with E-state index in [0.717, 1.165) is 24.6 Å². The summed E-state index contributed by atoms with van der Waals surface area (Å²) in [6.07, 6.45) is 9.92. The van der Waals surface area contributed by atoms with Crippen LogP contribution in [0.5, 0.6) is 0 Å². The third-order valence-electron chi connectivity index (χ3n) is 3.34. The summed E-state index contributed by atoms with van der Waals surface area (Å²) in [5, 5.41) is 8.78. The summed E-state index contributed by atoms with van der Waals surface area (Å²) < 4.78 is 3.96. The number of hydrogen-bond donors (Lipinski definition) is 0. The van der Waals surface area contributed by atoms with Gasteiger partial charge in [-0.1, -0.05) is 0 Å². The van der Waals surface area contributed by atoms with E-state index in [-0.39, 0.29) is 0 Å². The second-order valence-corrected chi connectivity index (χ2v) is 5.10. The molecule has 0 atom stereocenters. The number of nitrogens with zero attached hydrogens (tertiary/aromatic N) is 4. The highest BCUT2D eigenvalue weighted by Crippen LogP contribution is 2.30. The molecule has 0 spiro atoms. The van der Waals surface area contributed by atoms with Crippen molar-refractivity contribution < 1.29 is 0 Å². The lowest BCUT2D eigenvalue weighted by molar-refractivity contribution is 0.563. The molecule has 0 unspecified atom stereocenters. The maximum atomic E-state index is 4.42. The van der Waals surface area contributed by atoms with Gasteiger partial charge in [-0.05, 0) is 36.8 Å². The van der Waals surface area contributed by atoms with Gasteiger partial charge in [0.2, 0.25) is 0 Å². The molecule has 17 heavy (non-hydrogen) atoms. The maximum absolute atomic E-state index is 4.42. The summed E-state index contributed by atoms with van der Waals surface area (Å²) in [5.74, 6) is 0.878. The molecule has 0 N–H and O–H groups in total. The second-order valence-electron chi connectivity index (χ2n) is 5.10. The van der Waals surface area contributed by atoms with E-state index in [1.165, 1.54) is 24.0 Å². The van der Waals surface area contributed by atoms with Crippen LogP contribution in [0.2, 0.25) is 0 Å². The molecule has 1 aliphatic rings. The standard InChI is InChI=1S/C13H18N4/c1-10-13(9-16(2)15-10)5-12-6-14-17(8-12)7-11-3-4-11/h6,8-9,11H,3-5,7H2,1-2H3. The molecular weight excluding hydrogens is 212 g/mol. The van der Waals surface area contributed by atoms with Crippen molar-refractivity contribution in [1.82, 2.24) is 19.6 Å². The molecule has 1 fully saturated rings. The van der Waals surface area contributed by atoms with Gasteiger partial charge in [-0.2, -0.15) is 10.2 Å². The van der Waals surface area contributed by atoms with Gasteiger partial charge in [0.15, 0.2) is 0 Å². The summed E-state index contributed by atoms with van der Waals surface area (Å²) >= 11 is 0. The fourth-order valence-corrected chi connectivity index (χ4v) is 2.20. The molecule has 4 heteroatoms. The van der Waals surface area contributed by atoms with E-state index in [9.17, 15) is 0 Å². The molecule has 0 aliphatic heterocycles. The predicted octanol–water partition coefficient (Wildman–Crippen LogP) is 1.93. The third kappa shape index (κ3) is 2.40. The zero-order chi connectivity index (χ0) is 11.8. The molecular formula is C13H18N4. The minimum Gasteiger partial charge on any atom is -0.275 e. The first-order chi connectivity index (χ1) is 8.20. The number of rotatable bonds is 4. The van der Waals surface area contributed by atoms with Gasteiger partial charge in [-0.15, -0.1) is 0 Å². The monoisotopic (exact) mass is 230 g/mol. The van der Waals surface area contributed by atoms with Crippen LogP contribution in [0.1, 0.15) is 29.7 Å². The van der Waals surface area contributed by atoms with Crippen LogP contribution >= 0.6 is 0 Å². The summed E-state index contributed by atoms with van der Waals surface area (Å²) in [5.41, 5.74) is 3.68. The Kier molecular flexibility index (Phi) is 2.50. The Morgan fingerprint density at radius 1 is 1.35 bits per heavy atom. The first kappa shape index (κ1) is 10.6. The quantitative estimate of drug-likeness (QED) is 0.804. The fourth-order valence-electron chi connectivity index (χ4n) is 2.20. The van der Waals surface area contributed by atoms with E-state index < -0.39 is 0 Å². The maximum Gasteiger partial charge on any atom is 0.0628 e. The molecule has 2 aromatic rings. The molecule has 0 radical (unpaired) electrons. The Bertz CT molecular complexity index is 519. The van der Waals surface area contributed by atoms with E-state index in [2.05, 4.69) is 34.2 Å². The Labute approximate surface area is 101 Å². The predicted molar refractivity (Wildman–Crippen MR) is 65.7 cm³/mol. The lowest BCUT2D eigenvalue weighted by Crippen LogP contribution is -1.99. The molecule has 0 saturated heterocycles.